The monoisotopic (exact) mass is 271 g/mol. The van der Waals surface area contributed by atoms with E-state index in [1.807, 2.05) is 26.8 Å². The van der Waals surface area contributed by atoms with Crippen LogP contribution in [-0.4, -0.2) is 16.0 Å². The molecule has 2 rings (SSSR count). The Morgan fingerprint density at radius 1 is 1.25 bits per heavy atom. The van der Waals surface area contributed by atoms with Crippen LogP contribution in [0.4, 0.5) is 0 Å². The van der Waals surface area contributed by atoms with Crippen molar-refractivity contribution in [1.82, 2.24) is 4.98 Å². The molecule has 2 aromatic rings. The molecular weight excluding hydrogens is 254 g/mol. The van der Waals surface area contributed by atoms with E-state index in [1.165, 1.54) is 5.56 Å². The molecular formula is C15H17N3O2. The molecule has 3 N–H and O–H groups in total. The Labute approximate surface area is 117 Å². The minimum absolute atomic E-state index is 0.0485. The molecule has 5 heteroatoms. The lowest BCUT2D eigenvalue weighted by Crippen LogP contribution is -2.14. The summed E-state index contributed by atoms with van der Waals surface area (Å²) in [6.07, 6.45) is 1.56. The number of hydrogen-bond acceptors (Lipinski definition) is 4. The van der Waals surface area contributed by atoms with Crippen molar-refractivity contribution < 1.29 is 9.94 Å². The molecule has 0 aliphatic heterocycles. The maximum atomic E-state index is 8.67. The van der Waals surface area contributed by atoms with Crippen molar-refractivity contribution in [1.29, 1.82) is 0 Å². The van der Waals surface area contributed by atoms with Crippen LogP contribution in [-0.2, 0) is 0 Å². The molecule has 1 aromatic heterocycles. The SMILES string of the molecule is Cc1cc(C)c(C)c(Oc2ccnc(C(N)=NO)c2)c1. The second kappa shape index (κ2) is 5.61. The molecule has 0 saturated heterocycles. The Balaban J connectivity index is 2.36. The molecule has 0 fully saturated rings. The fourth-order valence-corrected chi connectivity index (χ4v) is 1.90. The van der Waals surface area contributed by atoms with Gasteiger partial charge in [-0.25, -0.2) is 0 Å². The molecule has 104 valence electrons. The standard InChI is InChI=1S/C15H17N3O2/c1-9-6-10(2)11(3)14(7-9)20-12-4-5-17-13(8-12)15(16)18-19/h4-8,19H,1-3H3,(H2,16,18). The van der Waals surface area contributed by atoms with Gasteiger partial charge in [-0.05, 0) is 49.6 Å². The molecule has 0 aliphatic carbocycles. The Morgan fingerprint density at radius 2 is 2.00 bits per heavy atom. The first-order chi connectivity index (χ1) is 9.51. The van der Waals surface area contributed by atoms with Gasteiger partial charge in [0.1, 0.15) is 17.2 Å². The molecule has 1 heterocycles. The molecule has 20 heavy (non-hydrogen) atoms. The van der Waals surface area contributed by atoms with Gasteiger partial charge in [-0.3, -0.25) is 4.98 Å². The van der Waals surface area contributed by atoms with Crippen molar-refractivity contribution in [3.63, 3.8) is 0 Å². The minimum atomic E-state index is -0.0485. The predicted octanol–water partition coefficient (Wildman–Crippen LogP) is 2.89. The summed E-state index contributed by atoms with van der Waals surface area (Å²) in [5, 5.41) is 11.6. The number of ether oxygens (including phenoxy) is 1. The first-order valence-corrected chi connectivity index (χ1v) is 6.21. The highest BCUT2D eigenvalue weighted by Gasteiger charge is 2.07. The number of nitrogens with two attached hydrogens (primary N) is 1. The highest BCUT2D eigenvalue weighted by Crippen LogP contribution is 2.28. The third kappa shape index (κ3) is 2.88. The number of hydrogen-bond donors (Lipinski definition) is 2. The van der Waals surface area contributed by atoms with Gasteiger partial charge >= 0.3 is 0 Å². The molecule has 0 amide bonds. The third-order valence-corrected chi connectivity index (χ3v) is 3.09. The lowest BCUT2D eigenvalue weighted by molar-refractivity contribution is 0.318. The third-order valence-electron chi connectivity index (χ3n) is 3.09. The number of benzene rings is 1. The zero-order valence-corrected chi connectivity index (χ0v) is 11.7. The topological polar surface area (TPSA) is 80.7 Å². The molecule has 0 radical (unpaired) electrons. The van der Waals surface area contributed by atoms with E-state index in [1.54, 1.807) is 18.3 Å². The van der Waals surface area contributed by atoms with Gasteiger partial charge < -0.3 is 15.7 Å². The second-order valence-corrected chi connectivity index (χ2v) is 4.67. The Morgan fingerprint density at radius 3 is 2.70 bits per heavy atom. The molecule has 5 nitrogen and oxygen atoms in total. The molecule has 0 spiro atoms. The summed E-state index contributed by atoms with van der Waals surface area (Å²) in [4.78, 5) is 4.01. The Kier molecular flexibility index (Phi) is 3.89. The summed E-state index contributed by atoms with van der Waals surface area (Å²) in [6, 6.07) is 7.44. The second-order valence-electron chi connectivity index (χ2n) is 4.67. The zero-order valence-electron chi connectivity index (χ0n) is 11.7. The normalized spacial score (nSPS) is 11.4. The van der Waals surface area contributed by atoms with E-state index in [0.717, 1.165) is 16.9 Å². The lowest BCUT2D eigenvalue weighted by atomic mass is 10.1. The lowest BCUT2D eigenvalue weighted by Gasteiger charge is -2.12. The van der Waals surface area contributed by atoms with Crippen LogP contribution in [0.3, 0.4) is 0 Å². The van der Waals surface area contributed by atoms with Crippen LogP contribution in [0.2, 0.25) is 0 Å². The van der Waals surface area contributed by atoms with Crippen LogP contribution < -0.4 is 10.5 Å². The van der Waals surface area contributed by atoms with E-state index < -0.39 is 0 Å². The van der Waals surface area contributed by atoms with Crippen molar-refractivity contribution in [3.05, 3.63) is 52.8 Å². The highest BCUT2D eigenvalue weighted by atomic mass is 16.5. The van der Waals surface area contributed by atoms with E-state index in [4.69, 9.17) is 15.7 Å². The molecule has 0 atom stereocenters. The average Bonchev–Trinajstić information content (AvgIpc) is 2.43. The number of pyridine rings is 1. The van der Waals surface area contributed by atoms with Crippen LogP contribution in [0.5, 0.6) is 11.5 Å². The van der Waals surface area contributed by atoms with Crippen molar-refractivity contribution >= 4 is 5.84 Å². The summed E-state index contributed by atoms with van der Waals surface area (Å²) >= 11 is 0. The number of nitrogens with zero attached hydrogens (tertiary/aromatic N) is 2. The van der Waals surface area contributed by atoms with E-state index >= 15 is 0 Å². The van der Waals surface area contributed by atoms with Crippen molar-refractivity contribution in [2.45, 2.75) is 20.8 Å². The van der Waals surface area contributed by atoms with Gasteiger partial charge in [-0.15, -0.1) is 0 Å². The highest BCUT2D eigenvalue weighted by molar-refractivity contribution is 5.95. The molecule has 0 unspecified atom stereocenters. The van der Waals surface area contributed by atoms with Crippen LogP contribution in [0.1, 0.15) is 22.4 Å². The summed E-state index contributed by atoms with van der Waals surface area (Å²) in [5.41, 5.74) is 9.27. The Bertz CT molecular complexity index is 666. The van der Waals surface area contributed by atoms with Crippen LogP contribution in [0.25, 0.3) is 0 Å². The molecule has 0 bridgehead atoms. The van der Waals surface area contributed by atoms with Gasteiger partial charge in [0, 0.05) is 12.3 Å². The number of rotatable bonds is 3. The maximum absolute atomic E-state index is 8.67. The van der Waals surface area contributed by atoms with Crippen LogP contribution in [0, 0.1) is 20.8 Å². The summed E-state index contributed by atoms with van der Waals surface area (Å²) in [7, 11) is 0. The fraction of sp³-hybridized carbons (Fsp3) is 0.200. The van der Waals surface area contributed by atoms with Crippen molar-refractivity contribution in [2.24, 2.45) is 10.9 Å². The van der Waals surface area contributed by atoms with Crippen molar-refractivity contribution in [3.8, 4) is 11.5 Å². The summed E-state index contributed by atoms with van der Waals surface area (Å²) < 4.78 is 5.87. The first-order valence-electron chi connectivity index (χ1n) is 6.21. The quantitative estimate of drug-likeness (QED) is 0.389. The zero-order chi connectivity index (χ0) is 14.7. The van der Waals surface area contributed by atoms with Gasteiger partial charge in [-0.2, -0.15) is 0 Å². The minimum Gasteiger partial charge on any atom is -0.457 e. The number of aryl methyl sites for hydroxylation is 2. The number of aromatic nitrogens is 1. The van der Waals surface area contributed by atoms with Gasteiger partial charge in [-0.1, -0.05) is 11.2 Å². The summed E-state index contributed by atoms with van der Waals surface area (Å²) in [5.74, 6) is 1.33. The molecule has 1 aromatic carbocycles. The maximum Gasteiger partial charge on any atom is 0.188 e. The van der Waals surface area contributed by atoms with Gasteiger partial charge in [0.15, 0.2) is 5.84 Å². The smallest absolute Gasteiger partial charge is 0.188 e. The molecule has 0 aliphatic rings. The number of amidine groups is 1. The largest absolute Gasteiger partial charge is 0.457 e. The summed E-state index contributed by atoms with van der Waals surface area (Å²) in [6.45, 7) is 6.08. The fourth-order valence-electron chi connectivity index (χ4n) is 1.90. The van der Waals surface area contributed by atoms with E-state index in [2.05, 4.69) is 16.2 Å². The molecule has 0 saturated carbocycles. The van der Waals surface area contributed by atoms with Gasteiger partial charge in [0.2, 0.25) is 0 Å². The van der Waals surface area contributed by atoms with E-state index in [0.29, 0.717) is 11.4 Å². The van der Waals surface area contributed by atoms with Gasteiger partial charge in [0.05, 0.1) is 0 Å². The Hall–Kier alpha value is -2.56. The van der Waals surface area contributed by atoms with Crippen LogP contribution in [0.15, 0.2) is 35.6 Å². The van der Waals surface area contributed by atoms with E-state index in [9.17, 15) is 0 Å². The van der Waals surface area contributed by atoms with Crippen molar-refractivity contribution in [2.75, 3.05) is 0 Å². The average molecular weight is 271 g/mol. The number of oxime groups is 1. The predicted molar refractivity (Wildman–Crippen MR) is 77.5 cm³/mol. The first kappa shape index (κ1) is 13.9. The van der Waals surface area contributed by atoms with E-state index in [-0.39, 0.29) is 5.84 Å². The van der Waals surface area contributed by atoms with Crippen LogP contribution >= 0.6 is 0 Å². The van der Waals surface area contributed by atoms with Gasteiger partial charge in [0.25, 0.3) is 0 Å².